The molecule has 0 spiro atoms. The number of carbonyl (C=O) groups excluding carboxylic acids is 1. The van der Waals surface area contributed by atoms with E-state index in [1.807, 2.05) is 0 Å². The first-order valence-corrected chi connectivity index (χ1v) is 7.53. The zero-order valence-electron chi connectivity index (χ0n) is 12.2. The lowest BCUT2D eigenvalue weighted by atomic mass is 10.1. The van der Waals surface area contributed by atoms with E-state index in [9.17, 15) is 14.9 Å². The van der Waals surface area contributed by atoms with Crippen molar-refractivity contribution < 1.29 is 9.72 Å². The van der Waals surface area contributed by atoms with Crippen molar-refractivity contribution in [2.45, 2.75) is 39.2 Å². The molecule has 0 atom stereocenters. The molecule has 114 valence electrons. The smallest absolute Gasteiger partial charge is 0.300 e. The van der Waals surface area contributed by atoms with Crippen LogP contribution in [0.15, 0.2) is 18.2 Å². The molecule has 1 aliphatic rings. The lowest BCUT2D eigenvalue weighted by molar-refractivity contribution is -0.385. The number of para-hydroxylation sites is 1. The lowest BCUT2D eigenvalue weighted by Crippen LogP contribution is -2.35. The third-order valence-electron chi connectivity index (χ3n) is 3.60. The first kappa shape index (κ1) is 15.8. The minimum atomic E-state index is -0.580. The van der Waals surface area contributed by atoms with Crippen LogP contribution in [-0.4, -0.2) is 28.3 Å². The molecule has 1 aliphatic carbocycles. The van der Waals surface area contributed by atoms with Crippen LogP contribution in [0, 0.1) is 16.0 Å². The Bertz CT molecular complexity index is 556. The summed E-state index contributed by atoms with van der Waals surface area (Å²) in [4.78, 5) is 25.0. The molecule has 5 nitrogen and oxygen atoms in total. The molecule has 0 bridgehead atoms. The maximum absolute atomic E-state index is 12.7. The molecule has 1 amide bonds. The Morgan fingerprint density at radius 2 is 2.14 bits per heavy atom. The van der Waals surface area contributed by atoms with Gasteiger partial charge in [0.1, 0.15) is 10.6 Å². The first-order valence-electron chi connectivity index (χ1n) is 7.15. The number of halogens is 1. The first-order chi connectivity index (χ1) is 9.91. The maximum atomic E-state index is 12.7. The van der Waals surface area contributed by atoms with E-state index in [0.717, 1.165) is 19.3 Å². The summed E-state index contributed by atoms with van der Waals surface area (Å²) < 4.78 is 0. The molecule has 1 fully saturated rings. The molecule has 21 heavy (non-hydrogen) atoms. The topological polar surface area (TPSA) is 63.5 Å². The van der Waals surface area contributed by atoms with Crippen LogP contribution in [0.5, 0.6) is 0 Å². The van der Waals surface area contributed by atoms with Gasteiger partial charge in [-0.25, -0.2) is 0 Å². The monoisotopic (exact) mass is 310 g/mol. The second-order valence-corrected chi connectivity index (χ2v) is 6.21. The van der Waals surface area contributed by atoms with Crippen molar-refractivity contribution in [2.24, 2.45) is 5.92 Å². The fourth-order valence-electron chi connectivity index (χ4n) is 2.26. The summed E-state index contributed by atoms with van der Waals surface area (Å²) in [5, 5.41) is 11.2. The van der Waals surface area contributed by atoms with Crippen LogP contribution in [0.1, 0.15) is 43.5 Å². The van der Waals surface area contributed by atoms with Crippen molar-refractivity contribution in [2.75, 3.05) is 6.54 Å². The molecule has 0 aliphatic heterocycles. The largest absolute Gasteiger partial charge is 0.335 e. The Hall–Kier alpha value is -1.62. The van der Waals surface area contributed by atoms with Gasteiger partial charge in [-0.15, -0.1) is 0 Å². The van der Waals surface area contributed by atoms with Crippen LogP contribution < -0.4 is 0 Å². The highest BCUT2D eigenvalue weighted by atomic mass is 35.5. The minimum Gasteiger partial charge on any atom is -0.335 e. The molecule has 1 aromatic rings. The number of nitro benzene ring substituents is 1. The quantitative estimate of drug-likeness (QED) is 0.591. The molecule has 0 radical (unpaired) electrons. The molecule has 6 heteroatoms. The molecular weight excluding hydrogens is 292 g/mol. The summed E-state index contributed by atoms with van der Waals surface area (Å²) in [5.74, 6) is 0.195. The van der Waals surface area contributed by atoms with Crippen molar-refractivity contribution in [3.05, 3.63) is 38.9 Å². The number of carbonyl (C=O) groups is 1. The molecule has 0 heterocycles. The van der Waals surface area contributed by atoms with Gasteiger partial charge in [0.2, 0.25) is 0 Å². The van der Waals surface area contributed by atoms with Gasteiger partial charge in [-0.05, 0) is 37.3 Å². The number of amides is 1. The highest BCUT2D eigenvalue weighted by Gasteiger charge is 2.35. The SMILES string of the molecule is CC(C)CCN(C(=O)c1cccc(Cl)c1[N+](=O)[O-])C1CC1. The predicted molar refractivity (Wildman–Crippen MR) is 81.6 cm³/mol. The van der Waals surface area contributed by atoms with E-state index in [1.165, 1.54) is 12.1 Å². The van der Waals surface area contributed by atoms with Crippen molar-refractivity contribution in [1.29, 1.82) is 0 Å². The number of hydrogen-bond acceptors (Lipinski definition) is 3. The van der Waals surface area contributed by atoms with Gasteiger partial charge in [-0.1, -0.05) is 31.5 Å². The number of nitrogens with zero attached hydrogens (tertiary/aromatic N) is 2. The molecule has 0 N–H and O–H groups in total. The highest BCUT2D eigenvalue weighted by molar-refractivity contribution is 6.33. The highest BCUT2D eigenvalue weighted by Crippen LogP contribution is 2.33. The zero-order chi connectivity index (χ0) is 15.6. The minimum absolute atomic E-state index is 0.00505. The van der Waals surface area contributed by atoms with Crippen LogP contribution in [0.2, 0.25) is 5.02 Å². The Labute approximate surface area is 129 Å². The lowest BCUT2D eigenvalue weighted by Gasteiger charge is -2.23. The Kier molecular flexibility index (Phi) is 4.83. The van der Waals surface area contributed by atoms with E-state index in [4.69, 9.17) is 11.6 Å². The van der Waals surface area contributed by atoms with Gasteiger partial charge in [0.25, 0.3) is 5.91 Å². The Morgan fingerprint density at radius 3 is 2.67 bits per heavy atom. The maximum Gasteiger partial charge on any atom is 0.300 e. The number of rotatable bonds is 6. The van der Waals surface area contributed by atoms with E-state index >= 15 is 0 Å². The van der Waals surface area contributed by atoms with Gasteiger partial charge in [0.05, 0.1) is 4.92 Å². The van der Waals surface area contributed by atoms with Crippen LogP contribution in [0.25, 0.3) is 0 Å². The van der Waals surface area contributed by atoms with Gasteiger partial charge < -0.3 is 4.90 Å². The fourth-order valence-corrected chi connectivity index (χ4v) is 2.51. The molecule has 1 saturated carbocycles. The summed E-state index contributed by atoms with van der Waals surface area (Å²) >= 11 is 5.88. The summed E-state index contributed by atoms with van der Waals surface area (Å²) in [6.45, 7) is 4.82. The predicted octanol–water partition coefficient (Wildman–Crippen LogP) is 3.90. The van der Waals surface area contributed by atoms with Crippen molar-refractivity contribution in [3.63, 3.8) is 0 Å². The Morgan fingerprint density at radius 1 is 1.48 bits per heavy atom. The van der Waals surface area contributed by atoms with E-state index in [-0.39, 0.29) is 28.2 Å². The summed E-state index contributed by atoms with van der Waals surface area (Å²) in [6, 6.07) is 4.72. The summed E-state index contributed by atoms with van der Waals surface area (Å²) in [6.07, 6.45) is 2.83. The van der Waals surface area contributed by atoms with Gasteiger partial charge in [-0.3, -0.25) is 14.9 Å². The van der Waals surface area contributed by atoms with Crippen LogP contribution in [0.3, 0.4) is 0 Å². The molecule has 1 aromatic carbocycles. The normalized spacial score (nSPS) is 14.3. The standard InChI is InChI=1S/C15H19ClN2O3/c1-10(2)8-9-17(11-6-7-11)15(19)12-4-3-5-13(16)14(12)18(20)21/h3-5,10-11H,6-9H2,1-2H3. The fraction of sp³-hybridized carbons (Fsp3) is 0.533. The molecule has 0 unspecified atom stereocenters. The second-order valence-electron chi connectivity index (χ2n) is 5.81. The van der Waals surface area contributed by atoms with Gasteiger partial charge in [-0.2, -0.15) is 0 Å². The third-order valence-corrected chi connectivity index (χ3v) is 3.90. The van der Waals surface area contributed by atoms with Gasteiger partial charge in [0, 0.05) is 12.6 Å². The zero-order valence-corrected chi connectivity index (χ0v) is 13.0. The van der Waals surface area contributed by atoms with Crippen molar-refractivity contribution in [3.8, 4) is 0 Å². The van der Waals surface area contributed by atoms with E-state index < -0.39 is 4.92 Å². The van der Waals surface area contributed by atoms with Crippen molar-refractivity contribution >= 4 is 23.2 Å². The molecule has 0 saturated heterocycles. The van der Waals surface area contributed by atoms with Crippen LogP contribution in [0.4, 0.5) is 5.69 Å². The van der Waals surface area contributed by atoms with Crippen molar-refractivity contribution in [1.82, 2.24) is 4.90 Å². The van der Waals surface area contributed by atoms with Gasteiger partial charge in [0.15, 0.2) is 0 Å². The van der Waals surface area contributed by atoms with Gasteiger partial charge >= 0.3 is 5.69 Å². The van der Waals surface area contributed by atoms with Crippen LogP contribution in [-0.2, 0) is 0 Å². The molecule has 0 aromatic heterocycles. The summed E-state index contributed by atoms with van der Waals surface area (Å²) in [7, 11) is 0. The number of hydrogen-bond donors (Lipinski definition) is 0. The number of benzene rings is 1. The van der Waals surface area contributed by atoms with E-state index in [2.05, 4.69) is 13.8 Å². The molecular formula is C15H19ClN2O3. The third kappa shape index (κ3) is 3.73. The average molecular weight is 311 g/mol. The molecule has 2 rings (SSSR count). The van der Waals surface area contributed by atoms with E-state index in [1.54, 1.807) is 11.0 Å². The van der Waals surface area contributed by atoms with Crippen LogP contribution >= 0.6 is 11.6 Å². The summed E-state index contributed by atoms with van der Waals surface area (Å²) in [5.41, 5.74) is -0.206. The Balaban J connectivity index is 2.28. The number of nitro groups is 1. The van der Waals surface area contributed by atoms with E-state index in [0.29, 0.717) is 12.5 Å². The second kappa shape index (κ2) is 6.43. The average Bonchev–Trinajstić information content (AvgIpc) is 3.22.